The standard InChI is InChI=1S/C18H17F3N2O/c1-12-18(24)23(17-7-6-14(19)10-16(17)21)9-8-22(12)11-13-4-2-3-5-15(13)20/h2-7,10,12H,8-9,11H2,1H3/t12-/m0/s1. The number of rotatable bonds is 3. The van der Waals surface area contributed by atoms with Crippen LogP contribution < -0.4 is 4.90 Å². The van der Waals surface area contributed by atoms with Crippen molar-refractivity contribution in [3.05, 3.63) is 65.5 Å². The van der Waals surface area contributed by atoms with Crippen LogP contribution in [0.3, 0.4) is 0 Å². The molecule has 1 heterocycles. The maximum absolute atomic E-state index is 13.9. The lowest BCUT2D eigenvalue weighted by atomic mass is 10.1. The van der Waals surface area contributed by atoms with Crippen LogP contribution in [0.5, 0.6) is 0 Å². The molecule has 2 aromatic rings. The highest BCUT2D eigenvalue weighted by atomic mass is 19.1. The van der Waals surface area contributed by atoms with Crippen LogP contribution in [0.4, 0.5) is 18.9 Å². The summed E-state index contributed by atoms with van der Waals surface area (Å²) in [6.07, 6.45) is 0. The van der Waals surface area contributed by atoms with Crippen molar-refractivity contribution in [1.29, 1.82) is 0 Å². The zero-order chi connectivity index (χ0) is 17.3. The molecular weight excluding hydrogens is 317 g/mol. The third-order valence-electron chi connectivity index (χ3n) is 4.31. The smallest absolute Gasteiger partial charge is 0.244 e. The summed E-state index contributed by atoms with van der Waals surface area (Å²) < 4.78 is 40.8. The van der Waals surface area contributed by atoms with Crippen molar-refractivity contribution in [2.75, 3.05) is 18.0 Å². The van der Waals surface area contributed by atoms with Gasteiger partial charge in [-0.15, -0.1) is 0 Å². The summed E-state index contributed by atoms with van der Waals surface area (Å²) in [6, 6.07) is 9.05. The SMILES string of the molecule is C[C@H]1C(=O)N(c2ccc(F)cc2F)CCN1Cc1ccccc1F. The first-order valence-electron chi connectivity index (χ1n) is 7.71. The number of piperazine rings is 1. The highest BCUT2D eigenvalue weighted by Crippen LogP contribution is 2.25. The Morgan fingerprint density at radius 2 is 1.79 bits per heavy atom. The van der Waals surface area contributed by atoms with Crippen LogP contribution in [0.2, 0.25) is 0 Å². The third-order valence-corrected chi connectivity index (χ3v) is 4.31. The van der Waals surface area contributed by atoms with E-state index in [1.165, 1.54) is 17.0 Å². The molecule has 0 aromatic heterocycles. The first-order chi connectivity index (χ1) is 11.5. The minimum atomic E-state index is -0.766. The van der Waals surface area contributed by atoms with Crippen LogP contribution in [-0.2, 0) is 11.3 Å². The molecule has 0 saturated carbocycles. The van der Waals surface area contributed by atoms with E-state index in [4.69, 9.17) is 0 Å². The van der Waals surface area contributed by atoms with Gasteiger partial charge in [-0.25, -0.2) is 13.2 Å². The Morgan fingerprint density at radius 3 is 2.50 bits per heavy atom. The Kier molecular flexibility index (Phi) is 4.57. The third kappa shape index (κ3) is 3.14. The van der Waals surface area contributed by atoms with Crippen molar-refractivity contribution in [2.45, 2.75) is 19.5 Å². The van der Waals surface area contributed by atoms with Crippen LogP contribution in [-0.4, -0.2) is 29.9 Å². The molecule has 1 amide bonds. The number of anilines is 1. The van der Waals surface area contributed by atoms with Gasteiger partial charge in [0, 0.05) is 31.3 Å². The lowest BCUT2D eigenvalue weighted by Gasteiger charge is -2.39. The van der Waals surface area contributed by atoms with Gasteiger partial charge in [0.1, 0.15) is 17.5 Å². The predicted molar refractivity (Wildman–Crippen MR) is 85.0 cm³/mol. The minimum Gasteiger partial charge on any atom is -0.307 e. The molecular formula is C18H17F3N2O. The molecule has 0 bridgehead atoms. The number of carbonyl (C=O) groups is 1. The van der Waals surface area contributed by atoms with Crippen molar-refractivity contribution in [3.63, 3.8) is 0 Å². The molecule has 0 radical (unpaired) electrons. The zero-order valence-electron chi connectivity index (χ0n) is 13.2. The second-order valence-corrected chi connectivity index (χ2v) is 5.82. The van der Waals surface area contributed by atoms with Gasteiger partial charge in [-0.2, -0.15) is 0 Å². The normalized spacial score (nSPS) is 18.9. The maximum atomic E-state index is 13.9. The van der Waals surface area contributed by atoms with E-state index >= 15 is 0 Å². The molecule has 6 heteroatoms. The van der Waals surface area contributed by atoms with E-state index < -0.39 is 17.7 Å². The average Bonchev–Trinajstić information content (AvgIpc) is 2.55. The average molecular weight is 334 g/mol. The fourth-order valence-electron chi connectivity index (χ4n) is 2.91. The topological polar surface area (TPSA) is 23.6 Å². The summed E-state index contributed by atoms with van der Waals surface area (Å²) >= 11 is 0. The molecule has 2 aromatic carbocycles. The van der Waals surface area contributed by atoms with Crippen molar-refractivity contribution in [3.8, 4) is 0 Å². The Hall–Kier alpha value is -2.34. The van der Waals surface area contributed by atoms with Crippen LogP contribution in [0.15, 0.2) is 42.5 Å². The molecule has 1 fully saturated rings. The Morgan fingerprint density at radius 1 is 1.04 bits per heavy atom. The number of hydrogen-bond donors (Lipinski definition) is 0. The largest absolute Gasteiger partial charge is 0.307 e. The van der Waals surface area contributed by atoms with Gasteiger partial charge in [0.05, 0.1) is 11.7 Å². The Labute approximate surface area is 138 Å². The van der Waals surface area contributed by atoms with E-state index in [0.29, 0.717) is 18.7 Å². The summed E-state index contributed by atoms with van der Waals surface area (Å²) in [4.78, 5) is 15.7. The highest BCUT2D eigenvalue weighted by Gasteiger charge is 2.33. The van der Waals surface area contributed by atoms with Crippen LogP contribution >= 0.6 is 0 Å². The van der Waals surface area contributed by atoms with E-state index in [1.807, 2.05) is 4.90 Å². The first kappa shape index (κ1) is 16.5. The molecule has 1 saturated heterocycles. The van der Waals surface area contributed by atoms with Gasteiger partial charge in [0.15, 0.2) is 0 Å². The second-order valence-electron chi connectivity index (χ2n) is 5.82. The molecule has 1 aliphatic rings. The molecule has 0 unspecified atom stereocenters. The summed E-state index contributed by atoms with van der Waals surface area (Å²) in [5, 5.41) is 0. The van der Waals surface area contributed by atoms with E-state index in [1.54, 1.807) is 25.1 Å². The molecule has 24 heavy (non-hydrogen) atoms. The summed E-state index contributed by atoms with van der Waals surface area (Å²) in [6.45, 7) is 2.74. The highest BCUT2D eigenvalue weighted by molar-refractivity contribution is 5.97. The monoisotopic (exact) mass is 334 g/mol. The van der Waals surface area contributed by atoms with Crippen LogP contribution in [0.25, 0.3) is 0 Å². The van der Waals surface area contributed by atoms with Gasteiger partial charge in [-0.05, 0) is 25.1 Å². The zero-order valence-corrected chi connectivity index (χ0v) is 13.2. The number of benzene rings is 2. The molecule has 126 valence electrons. The predicted octanol–water partition coefficient (Wildman–Crippen LogP) is 3.34. The maximum Gasteiger partial charge on any atom is 0.244 e. The van der Waals surface area contributed by atoms with Crippen molar-refractivity contribution in [2.24, 2.45) is 0 Å². The Balaban J connectivity index is 1.77. The van der Waals surface area contributed by atoms with Gasteiger partial charge in [-0.3, -0.25) is 9.69 Å². The number of nitrogens with zero attached hydrogens (tertiary/aromatic N) is 2. The second kappa shape index (κ2) is 6.65. The van der Waals surface area contributed by atoms with Gasteiger partial charge in [0.25, 0.3) is 0 Å². The van der Waals surface area contributed by atoms with E-state index in [9.17, 15) is 18.0 Å². The van der Waals surface area contributed by atoms with Gasteiger partial charge >= 0.3 is 0 Å². The summed E-state index contributed by atoms with van der Waals surface area (Å²) in [5.74, 6) is -2.06. The molecule has 3 nitrogen and oxygen atoms in total. The first-order valence-corrected chi connectivity index (χ1v) is 7.71. The van der Waals surface area contributed by atoms with Crippen molar-refractivity contribution >= 4 is 11.6 Å². The molecule has 0 aliphatic carbocycles. The van der Waals surface area contributed by atoms with Gasteiger partial charge < -0.3 is 4.90 Å². The summed E-state index contributed by atoms with van der Waals surface area (Å²) in [5.41, 5.74) is 0.581. The lowest BCUT2D eigenvalue weighted by Crippen LogP contribution is -2.55. The number of amides is 1. The quantitative estimate of drug-likeness (QED) is 0.859. The molecule has 0 N–H and O–H groups in total. The fraction of sp³-hybridized carbons (Fsp3) is 0.278. The lowest BCUT2D eigenvalue weighted by molar-refractivity contribution is -0.125. The van der Waals surface area contributed by atoms with E-state index in [-0.39, 0.29) is 24.0 Å². The number of halogens is 3. The Bertz CT molecular complexity index is 766. The molecule has 0 spiro atoms. The van der Waals surface area contributed by atoms with Crippen molar-refractivity contribution < 1.29 is 18.0 Å². The van der Waals surface area contributed by atoms with E-state index in [2.05, 4.69) is 0 Å². The molecule has 1 aliphatic heterocycles. The van der Waals surface area contributed by atoms with Crippen LogP contribution in [0.1, 0.15) is 12.5 Å². The van der Waals surface area contributed by atoms with Crippen LogP contribution in [0, 0.1) is 17.5 Å². The minimum absolute atomic E-state index is 0.0683. The fourth-order valence-corrected chi connectivity index (χ4v) is 2.91. The van der Waals surface area contributed by atoms with Gasteiger partial charge in [-0.1, -0.05) is 18.2 Å². The van der Waals surface area contributed by atoms with Crippen molar-refractivity contribution in [1.82, 2.24) is 4.90 Å². The molecule has 3 rings (SSSR count). The summed E-state index contributed by atoms with van der Waals surface area (Å²) in [7, 11) is 0. The van der Waals surface area contributed by atoms with Gasteiger partial charge in [0.2, 0.25) is 5.91 Å². The molecule has 1 atom stereocenters. The van der Waals surface area contributed by atoms with E-state index in [0.717, 1.165) is 12.1 Å². The number of carbonyl (C=O) groups excluding carboxylic acids is 1. The number of hydrogen-bond acceptors (Lipinski definition) is 2.